The van der Waals surface area contributed by atoms with Gasteiger partial charge in [-0.15, -0.1) is 0 Å². The molecule has 2 unspecified atom stereocenters. The first kappa shape index (κ1) is 20.1. The summed E-state index contributed by atoms with van der Waals surface area (Å²) in [5, 5.41) is 3.05. The maximum absolute atomic E-state index is 2.39. The van der Waals surface area contributed by atoms with Crippen LogP contribution in [0.5, 0.6) is 0 Å². The largest absolute Gasteiger partial charge is 1.00 e. The van der Waals surface area contributed by atoms with E-state index in [-0.39, 0.29) is 9.41 Å². The van der Waals surface area contributed by atoms with Gasteiger partial charge in [0.1, 0.15) is 0 Å². The van der Waals surface area contributed by atoms with Crippen LogP contribution >= 0.6 is 8.58 Å². The molecule has 25 heavy (non-hydrogen) atoms. The molecule has 0 heterocycles. The Morgan fingerprint density at radius 2 is 1.68 bits per heavy atom. The van der Waals surface area contributed by atoms with Crippen molar-refractivity contribution in [1.29, 1.82) is 0 Å². The predicted octanol–water partition coefficient (Wildman–Crippen LogP) is -0.589. The summed E-state index contributed by atoms with van der Waals surface area (Å²) in [6.07, 6.45) is 8.12. The van der Waals surface area contributed by atoms with Gasteiger partial charge in [0.05, 0.1) is 0 Å². The molecular formula is C21H19F2PZr. The van der Waals surface area contributed by atoms with Crippen LogP contribution in [0.4, 0.5) is 0 Å². The van der Waals surface area contributed by atoms with Crippen molar-refractivity contribution in [1.82, 2.24) is 0 Å². The summed E-state index contributed by atoms with van der Waals surface area (Å²) < 4.78 is 2.46. The van der Waals surface area contributed by atoms with E-state index in [4.69, 9.17) is 0 Å². The van der Waals surface area contributed by atoms with Crippen molar-refractivity contribution in [3.05, 3.63) is 92.8 Å². The standard InChI is InChI=1S/C16H14P.C5H5.2FH.Zr/c1-12-11-13-7-5-6-10-15(13)16(12)17-14-8-3-2-4-9-14;1-2-4-5-3-1;;;/h2-11,17H,1H3;1-3H,4H2;2*1H;/q;;;;+2/p-2. The van der Waals surface area contributed by atoms with Gasteiger partial charge in [0.25, 0.3) is 0 Å². The Morgan fingerprint density at radius 1 is 0.960 bits per heavy atom. The topological polar surface area (TPSA) is 0 Å². The summed E-state index contributed by atoms with van der Waals surface area (Å²) in [4.78, 5) is 0. The Kier molecular flexibility index (Phi) is 7.23. The molecule has 2 aliphatic carbocycles. The second-order valence-corrected chi connectivity index (χ2v) is 11.1. The molecule has 2 aromatic carbocycles. The molecule has 126 valence electrons. The Balaban J connectivity index is 0.00000113. The van der Waals surface area contributed by atoms with Gasteiger partial charge in [0, 0.05) is 0 Å². The number of benzene rings is 2. The molecule has 2 aromatic rings. The zero-order valence-electron chi connectivity index (χ0n) is 14.0. The molecule has 4 heteroatoms. The van der Waals surface area contributed by atoms with Crippen LogP contribution in [0.15, 0.2) is 81.7 Å². The zero-order valence-corrected chi connectivity index (χ0v) is 17.4. The zero-order chi connectivity index (χ0) is 15.6. The fourth-order valence-electron chi connectivity index (χ4n) is 3.32. The molecule has 0 radical (unpaired) electrons. The monoisotopic (exact) mass is 430 g/mol. The van der Waals surface area contributed by atoms with E-state index in [1.165, 1.54) is 17.3 Å². The Hall–Kier alpha value is -1.17. The normalized spacial score (nSPS) is 17.8. The Morgan fingerprint density at radius 3 is 2.40 bits per heavy atom. The second kappa shape index (κ2) is 8.97. The average molecular weight is 432 g/mol. The maximum Gasteiger partial charge on any atom is -1.00 e. The van der Waals surface area contributed by atoms with E-state index in [2.05, 4.69) is 79.7 Å². The molecule has 0 N–H and O–H groups in total. The van der Waals surface area contributed by atoms with Gasteiger partial charge in [0.2, 0.25) is 0 Å². The van der Waals surface area contributed by atoms with Gasteiger partial charge < -0.3 is 9.41 Å². The molecule has 0 saturated carbocycles. The molecule has 0 aromatic heterocycles. The number of fused-ring (bicyclic) bond motifs is 1. The number of rotatable bonds is 4. The van der Waals surface area contributed by atoms with Crippen LogP contribution in [-0.4, -0.2) is 0 Å². The van der Waals surface area contributed by atoms with Crippen molar-refractivity contribution in [2.24, 2.45) is 0 Å². The summed E-state index contributed by atoms with van der Waals surface area (Å²) in [6, 6.07) is 20.1. The Labute approximate surface area is 161 Å². The third-order valence-electron chi connectivity index (χ3n) is 4.51. The van der Waals surface area contributed by atoms with E-state index in [0.717, 1.165) is 12.2 Å². The fourth-order valence-corrected chi connectivity index (χ4v) is 8.88. The molecule has 4 rings (SSSR count). The molecule has 0 amide bonds. The molecule has 0 spiro atoms. The van der Waals surface area contributed by atoms with E-state index in [9.17, 15) is 0 Å². The molecule has 0 nitrogen and oxygen atoms in total. The molecule has 2 atom stereocenters. The molecule has 0 saturated heterocycles. The van der Waals surface area contributed by atoms with Gasteiger partial charge in [-0.1, -0.05) is 0 Å². The van der Waals surface area contributed by atoms with Gasteiger partial charge >= 0.3 is 152 Å². The first-order chi connectivity index (χ1) is 11.3. The number of allylic oxidation sites excluding steroid dienone is 5. The van der Waals surface area contributed by atoms with Gasteiger partial charge in [-0.25, -0.2) is 0 Å². The molecule has 0 bridgehead atoms. The minimum absolute atomic E-state index is 0. The van der Waals surface area contributed by atoms with Crippen LogP contribution in [0.25, 0.3) is 5.31 Å². The molecule has 0 aliphatic heterocycles. The van der Waals surface area contributed by atoms with Crippen molar-refractivity contribution in [3.8, 4) is 0 Å². The van der Waals surface area contributed by atoms with Gasteiger partial charge in [0.15, 0.2) is 0 Å². The molecular weight excluding hydrogens is 412 g/mol. The minimum atomic E-state index is -0.589. The van der Waals surface area contributed by atoms with Gasteiger partial charge in [-0.05, 0) is 0 Å². The average Bonchev–Trinajstić information content (AvgIpc) is 3.19. The minimum Gasteiger partial charge on any atom is -1.00 e. The van der Waals surface area contributed by atoms with E-state index in [0.29, 0.717) is 0 Å². The van der Waals surface area contributed by atoms with E-state index in [1.54, 1.807) is 19.7 Å². The van der Waals surface area contributed by atoms with Crippen molar-refractivity contribution in [2.45, 2.75) is 17.0 Å². The van der Waals surface area contributed by atoms with E-state index < -0.39 is 23.2 Å². The maximum atomic E-state index is 2.39. The fraction of sp³-hybridized carbons (Fsp3) is 0.143. The summed E-state index contributed by atoms with van der Waals surface area (Å²) in [7, 11) is 0.777. The van der Waals surface area contributed by atoms with Crippen LogP contribution in [0, 0.1) is 0 Å². The van der Waals surface area contributed by atoms with Crippen LogP contribution in [0.2, 0.25) is 0 Å². The number of halogens is 2. The number of hydrogen-bond donors (Lipinski definition) is 0. The van der Waals surface area contributed by atoms with E-state index in [1.807, 2.05) is 0 Å². The first-order valence-electron chi connectivity index (χ1n) is 8.07. The SMILES string of the molecule is CC1=C(Pc2ccccc2)c2ccccc2[CH]1[Zr+2][C]1=CC=CC1.[F-].[F-]. The van der Waals surface area contributed by atoms with Crippen molar-refractivity contribution < 1.29 is 32.6 Å². The van der Waals surface area contributed by atoms with Crippen molar-refractivity contribution in [2.75, 3.05) is 0 Å². The summed E-state index contributed by atoms with van der Waals surface area (Å²) >= 11 is -0.589. The van der Waals surface area contributed by atoms with Crippen molar-refractivity contribution >= 4 is 19.2 Å². The number of hydrogen-bond acceptors (Lipinski definition) is 0. The molecule has 2 aliphatic rings. The third-order valence-corrected chi connectivity index (χ3v) is 10.4. The van der Waals surface area contributed by atoms with Crippen LogP contribution < -0.4 is 14.7 Å². The van der Waals surface area contributed by atoms with Crippen molar-refractivity contribution in [3.63, 3.8) is 0 Å². The van der Waals surface area contributed by atoms with Crippen LogP contribution in [0.3, 0.4) is 0 Å². The summed E-state index contributed by atoms with van der Waals surface area (Å²) in [6.45, 7) is 2.39. The van der Waals surface area contributed by atoms with E-state index >= 15 is 0 Å². The summed E-state index contributed by atoms with van der Waals surface area (Å²) in [5.74, 6) is 0. The summed E-state index contributed by atoms with van der Waals surface area (Å²) in [5.41, 5.74) is 4.76. The van der Waals surface area contributed by atoms with Crippen LogP contribution in [-0.2, 0) is 23.2 Å². The smallest absolute Gasteiger partial charge is 1.00 e. The van der Waals surface area contributed by atoms with Crippen LogP contribution in [0.1, 0.15) is 28.1 Å². The quantitative estimate of drug-likeness (QED) is 0.568. The Bertz CT molecular complexity index is 825. The van der Waals surface area contributed by atoms with Gasteiger partial charge in [-0.3, -0.25) is 0 Å². The second-order valence-electron chi connectivity index (χ2n) is 6.04. The first-order valence-corrected chi connectivity index (χ1v) is 11.7. The third kappa shape index (κ3) is 4.16. The van der Waals surface area contributed by atoms with Gasteiger partial charge in [-0.2, -0.15) is 0 Å². The molecule has 0 fully saturated rings. The predicted molar refractivity (Wildman–Crippen MR) is 98.0 cm³/mol.